The SMILES string of the molecule is CCCNCc1cc(Cn2nc(CC)cc2CC)c(C)o1. The lowest BCUT2D eigenvalue weighted by atomic mass is 10.2. The van der Waals surface area contributed by atoms with Crippen LogP contribution in [-0.4, -0.2) is 16.3 Å². The Bertz CT molecular complexity index is 569. The number of aromatic nitrogens is 2. The molecule has 0 amide bonds. The smallest absolute Gasteiger partial charge is 0.118 e. The molecular weight excluding hydrogens is 262 g/mol. The zero-order valence-corrected chi connectivity index (χ0v) is 13.7. The second-order valence-corrected chi connectivity index (χ2v) is 5.46. The first kappa shape index (κ1) is 15.8. The van der Waals surface area contributed by atoms with Crippen LogP contribution in [0.4, 0.5) is 0 Å². The number of nitrogens with zero attached hydrogens (tertiary/aromatic N) is 2. The van der Waals surface area contributed by atoms with Crippen molar-refractivity contribution < 1.29 is 4.42 Å². The number of rotatable bonds is 8. The number of aryl methyl sites for hydroxylation is 3. The van der Waals surface area contributed by atoms with Gasteiger partial charge in [0.15, 0.2) is 0 Å². The van der Waals surface area contributed by atoms with Crippen LogP contribution in [0.15, 0.2) is 16.5 Å². The Morgan fingerprint density at radius 1 is 1.19 bits per heavy atom. The van der Waals surface area contributed by atoms with Crippen LogP contribution < -0.4 is 5.32 Å². The van der Waals surface area contributed by atoms with Gasteiger partial charge in [0.2, 0.25) is 0 Å². The van der Waals surface area contributed by atoms with Gasteiger partial charge < -0.3 is 9.73 Å². The highest BCUT2D eigenvalue weighted by atomic mass is 16.3. The Kier molecular flexibility index (Phi) is 5.62. The second kappa shape index (κ2) is 7.46. The van der Waals surface area contributed by atoms with E-state index in [2.05, 4.69) is 48.0 Å². The first-order valence-electron chi connectivity index (χ1n) is 8.02. The fraction of sp³-hybridized carbons (Fsp3) is 0.588. The van der Waals surface area contributed by atoms with Crippen molar-refractivity contribution >= 4 is 0 Å². The molecule has 0 unspecified atom stereocenters. The molecule has 0 radical (unpaired) electrons. The molecular formula is C17H27N3O. The second-order valence-electron chi connectivity index (χ2n) is 5.46. The molecule has 0 saturated heterocycles. The minimum absolute atomic E-state index is 0.798. The fourth-order valence-corrected chi connectivity index (χ4v) is 2.49. The predicted molar refractivity (Wildman–Crippen MR) is 85.5 cm³/mol. The molecule has 0 bridgehead atoms. The highest BCUT2D eigenvalue weighted by Crippen LogP contribution is 2.17. The Hall–Kier alpha value is -1.55. The van der Waals surface area contributed by atoms with Gasteiger partial charge in [-0.2, -0.15) is 5.10 Å². The summed E-state index contributed by atoms with van der Waals surface area (Å²) in [6, 6.07) is 4.36. The Morgan fingerprint density at radius 3 is 2.67 bits per heavy atom. The van der Waals surface area contributed by atoms with E-state index in [1.54, 1.807) is 0 Å². The van der Waals surface area contributed by atoms with Gasteiger partial charge in [-0.1, -0.05) is 20.8 Å². The molecule has 0 aromatic carbocycles. The van der Waals surface area contributed by atoms with E-state index in [0.29, 0.717) is 0 Å². The van der Waals surface area contributed by atoms with Gasteiger partial charge >= 0.3 is 0 Å². The quantitative estimate of drug-likeness (QED) is 0.757. The van der Waals surface area contributed by atoms with Crippen LogP contribution in [0.2, 0.25) is 0 Å². The molecule has 21 heavy (non-hydrogen) atoms. The Balaban J connectivity index is 2.10. The van der Waals surface area contributed by atoms with Crippen molar-refractivity contribution in [1.82, 2.24) is 15.1 Å². The Morgan fingerprint density at radius 2 is 2.00 bits per heavy atom. The molecule has 116 valence electrons. The summed E-state index contributed by atoms with van der Waals surface area (Å²) in [5.74, 6) is 2.01. The predicted octanol–water partition coefficient (Wildman–Crippen LogP) is 3.46. The van der Waals surface area contributed by atoms with Gasteiger partial charge in [0.05, 0.1) is 18.8 Å². The van der Waals surface area contributed by atoms with Crippen molar-refractivity contribution in [1.29, 1.82) is 0 Å². The maximum atomic E-state index is 5.84. The number of hydrogen-bond acceptors (Lipinski definition) is 3. The third-order valence-electron chi connectivity index (χ3n) is 3.76. The van der Waals surface area contributed by atoms with Gasteiger partial charge in [-0.05, 0) is 44.9 Å². The average molecular weight is 289 g/mol. The van der Waals surface area contributed by atoms with E-state index in [1.165, 1.54) is 11.3 Å². The lowest BCUT2D eigenvalue weighted by molar-refractivity contribution is 0.458. The van der Waals surface area contributed by atoms with E-state index in [4.69, 9.17) is 4.42 Å². The molecule has 2 rings (SSSR count). The van der Waals surface area contributed by atoms with Crippen LogP contribution in [-0.2, 0) is 25.9 Å². The van der Waals surface area contributed by atoms with Crippen molar-refractivity contribution in [2.45, 2.75) is 60.0 Å². The first-order valence-corrected chi connectivity index (χ1v) is 8.02. The lowest BCUT2D eigenvalue weighted by Crippen LogP contribution is -2.13. The fourth-order valence-electron chi connectivity index (χ4n) is 2.49. The maximum Gasteiger partial charge on any atom is 0.118 e. The summed E-state index contributed by atoms with van der Waals surface area (Å²) in [4.78, 5) is 0. The summed E-state index contributed by atoms with van der Waals surface area (Å²) in [5, 5.41) is 8.06. The van der Waals surface area contributed by atoms with Gasteiger partial charge in [0.25, 0.3) is 0 Å². The summed E-state index contributed by atoms with van der Waals surface area (Å²) >= 11 is 0. The van der Waals surface area contributed by atoms with Gasteiger partial charge in [0.1, 0.15) is 11.5 Å². The third-order valence-corrected chi connectivity index (χ3v) is 3.76. The summed E-state index contributed by atoms with van der Waals surface area (Å²) in [6.45, 7) is 11.1. The zero-order chi connectivity index (χ0) is 15.2. The van der Waals surface area contributed by atoms with Crippen LogP contribution in [0, 0.1) is 6.92 Å². The van der Waals surface area contributed by atoms with Gasteiger partial charge in [-0.3, -0.25) is 4.68 Å². The molecule has 1 N–H and O–H groups in total. The van der Waals surface area contributed by atoms with Gasteiger partial charge in [-0.25, -0.2) is 0 Å². The first-order chi connectivity index (χ1) is 10.2. The van der Waals surface area contributed by atoms with E-state index in [-0.39, 0.29) is 0 Å². The lowest BCUT2D eigenvalue weighted by Gasteiger charge is -2.04. The largest absolute Gasteiger partial charge is 0.465 e. The summed E-state index contributed by atoms with van der Waals surface area (Å²) in [5.41, 5.74) is 3.68. The van der Waals surface area contributed by atoms with Crippen molar-refractivity contribution in [2.24, 2.45) is 0 Å². The van der Waals surface area contributed by atoms with Gasteiger partial charge in [-0.15, -0.1) is 0 Å². The molecule has 0 saturated carbocycles. The highest BCUT2D eigenvalue weighted by molar-refractivity contribution is 5.22. The van der Waals surface area contributed by atoms with Crippen LogP contribution in [0.25, 0.3) is 0 Å². The van der Waals surface area contributed by atoms with Crippen molar-refractivity contribution in [2.75, 3.05) is 6.54 Å². The third kappa shape index (κ3) is 3.97. The standard InChI is InChI=1S/C17H27N3O/c1-5-8-18-11-17-9-14(13(4)21-17)12-20-16(7-3)10-15(6-2)19-20/h9-10,18H,5-8,11-12H2,1-4H3. The molecule has 2 aromatic heterocycles. The molecule has 0 spiro atoms. The molecule has 0 aliphatic carbocycles. The molecule has 0 aliphatic rings. The molecule has 4 heteroatoms. The zero-order valence-electron chi connectivity index (χ0n) is 13.7. The topological polar surface area (TPSA) is 43.0 Å². The number of furan rings is 1. The van der Waals surface area contributed by atoms with E-state index in [0.717, 1.165) is 56.1 Å². The van der Waals surface area contributed by atoms with Crippen LogP contribution in [0.5, 0.6) is 0 Å². The van der Waals surface area contributed by atoms with E-state index >= 15 is 0 Å². The van der Waals surface area contributed by atoms with Crippen molar-refractivity contribution in [3.63, 3.8) is 0 Å². The van der Waals surface area contributed by atoms with E-state index < -0.39 is 0 Å². The molecule has 2 heterocycles. The van der Waals surface area contributed by atoms with Crippen molar-refractivity contribution in [3.8, 4) is 0 Å². The summed E-state index contributed by atoms with van der Waals surface area (Å²) < 4.78 is 7.95. The molecule has 2 aromatic rings. The van der Waals surface area contributed by atoms with Crippen LogP contribution >= 0.6 is 0 Å². The monoisotopic (exact) mass is 289 g/mol. The van der Waals surface area contributed by atoms with Crippen LogP contribution in [0.3, 0.4) is 0 Å². The van der Waals surface area contributed by atoms with Crippen LogP contribution in [0.1, 0.15) is 55.7 Å². The normalized spacial score (nSPS) is 11.2. The molecule has 0 aliphatic heterocycles. The van der Waals surface area contributed by atoms with E-state index in [9.17, 15) is 0 Å². The van der Waals surface area contributed by atoms with Gasteiger partial charge in [0, 0.05) is 11.3 Å². The summed E-state index contributed by atoms with van der Waals surface area (Å²) in [6.07, 6.45) is 3.13. The van der Waals surface area contributed by atoms with Crippen molar-refractivity contribution in [3.05, 3.63) is 40.6 Å². The molecule has 0 atom stereocenters. The number of hydrogen-bond donors (Lipinski definition) is 1. The average Bonchev–Trinajstić information content (AvgIpc) is 3.03. The molecule has 4 nitrogen and oxygen atoms in total. The maximum absolute atomic E-state index is 5.84. The minimum Gasteiger partial charge on any atom is -0.465 e. The highest BCUT2D eigenvalue weighted by Gasteiger charge is 2.11. The van der Waals surface area contributed by atoms with E-state index in [1.807, 2.05) is 6.92 Å². The Labute approximate surface area is 127 Å². The summed E-state index contributed by atoms with van der Waals surface area (Å²) in [7, 11) is 0. The minimum atomic E-state index is 0.798. The molecule has 0 fully saturated rings. The number of nitrogens with one attached hydrogen (secondary N) is 1.